The number of nitro benzene ring substituents is 1. The highest BCUT2D eigenvalue weighted by Gasteiger charge is 2.15. The van der Waals surface area contributed by atoms with Gasteiger partial charge in [-0.1, -0.05) is 18.2 Å². The van der Waals surface area contributed by atoms with Crippen molar-refractivity contribution in [1.82, 2.24) is 4.98 Å². The smallest absolute Gasteiger partial charge is 0.272 e. The van der Waals surface area contributed by atoms with Crippen molar-refractivity contribution in [1.29, 1.82) is 0 Å². The van der Waals surface area contributed by atoms with E-state index in [1.54, 1.807) is 12.3 Å². The van der Waals surface area contributed by atoms with Crippen molar-refractivity contribution in [3.8, 4) is 21.9 Å². The van der Waals surface area contributed by atoms with Crippen LogP contribution in [0.3, 0.4) is 0 Å². The van der Waals surface area contributed by atoms with Gasteiger partial charge in [0.1, 0.15) is 5.75 Å². The largest absolute Gasteiger partial charge is 0.453 e. The fourth-order valence-corrected chi connectivity index (χ4v) is 3.83. The van der Waals surface area contributed by atoms with Crippen LogP contribution in [0.15, 0.2) is 60.8 Å². The standard InChI is InChI=1S/C20H13FN2O4S/c21-15-9-14(23(25)26)4-5-17(15)27-18-6-7-22-16-10-19(28-20(16)18)13-3-1-2-12(8-13)11-24/h1-10,24H,11H2. The average Bonchev–Trinajstić information content (AvgIpc) is 3.15. The Morgan fingerprint density at radius 2 is 2.00 bits per heavy atom. The molecule has 28 heavy (non-hydrogen) atoms. The first kappa shape index (κ1) is 18.0. The van der Waals surface area contributed by atoms with Crippen molar-refractivity contribution in [3.63, 3.8) is 0 Å². The number of aromatic nitrogens is 1. The van der Waals surface area contributed by atoms with Crippen molar-refractivity contribution >= 4 is 27.2 Å². The third-order valence-electron chi connectivity index (χ3n) is 4.12. The van der Waals surface area contributed by atoms with Crippen LogP contribution >= 0.6 is 11.3 Å². The molecule has 0 unspecified atom stereocenters. The molecule has 6 nitrogen and oxygen atoms in total. The first-order chi connectivity index (χ1) is 13.5. The number of rotatable bonds is 5. The topological polar surface area (TPSA) is 85.5 Å². The number of nitrogens with zero attached hydrogens (tertiary/aromatic N) is 2. The zero-order chi connectivity index (χ0) is 19.7. The van der Waals surface area contributed by atoms with E-state index in [1.807, 2.05) is 30.3 Å². The average molecular weight is 396 g/mol. The van der Waals surface area contributed by atoms with E-state index in [1.165, 1.54) is 23.5 Å². The molecule has 0 aliphatic rings. The monoisotopic (exact) mass is 396 g/mol. The van der Waals surface area contributed by atoms with Crippen molar-refractivity contribution in [3.05, 3.63) is 82.3 Å². The van der Waals surface area contributed by atoms with E-state index in [4.69, 9.17) is 4.74 Å². The van der Waals surface area contributed by atoms with Crippen LogP contribution in [-0.4, -0.2) is 15.0 Å². The summed E-state index contributed by atoms with van der Waals surface area (Å²) >= 11 is 1.43. The summed E-state index contributed by atoms with van der Waals surface area (Å²) < 4.78 is 20.6. The van der Waals surface area contributed by atoms with Gasteiger partial charge in [-0.05, 0) is 29.3 Å². The van der Waals surface area contributed by atoms with E-state index < -0.39 is 10.7 Å². The van der Waals surface area contributed by atoms with Gasteiger partial charge in [-0.2, -0.15) is 0 Å². The van der Waals surface area contributed by atoms with Crippen LogP contribution in [-0.2, 0) is 6.61 Å². The van der Waals surface area contributed by atoms with Crippen LogP contribution in [0.2, 0.25) is 0 Å². The van der Waals surface area contributed by atoms with E-state index in [-0.39, 0.29) is 18.0 Å². The van der Waals surface area contributed by atoms with E-state index in [0.29, 0.717) is 11.3 Å². The molecule has 140 valence electrons. The SMILES string of the molecule is O=[N+]([O-])c1ccc(Oc2ccnc3cc(-c4cccc(CO)c4)sc23)c(F)c1. The van der Waals surface area contributed by atoms with Crippen molar-refractivity contribution in [2.24, 2.45) is 0 Å². The summed E-state index contributed by atoms with van der Waals surface area (Å²) in [6.07, 6.45) is 1.56. The molecule has 0 bridgehead atoms. The van der Waals surface area contributed by atoms with E-state index >= 15 is 0 Å². The number of hydrogen-bond donors (Lipinski definition) is 1. The Labute approximate surface area is 162 Å². The highest BCUT2D eigenvalue weighted by Crippen LogP contribution is 2.40. The fourth-order valence-electron chi connectivity index (χ4n) is 2.76. The maximum absolute atomic E-state index is 14.2. The Morgan fingerprint density at radius 3 is 2.75 bits per heavy atom. The molecule has 2 aromatic heterocycles. The van der Waals surface area contributed by atoms with E-state index in [0.717, 1.165) is 26.8 Å². The van der Waals surface area contributed by atoms with Crippen LogP contribution in [0.1, 0.15) is 5.56 Å². The predicted octanol–water partition coefficient (Wildman–Crippen LogP) is 5.30. The Hall–Kier alpha value is -3.36. The molecule has 0 amide bonds. The molecular formula is C20H13FN2O4S. The quantitative estimate of drug-likeness (QED) is 0.366. The number of non-ortho nitro benzene ring substituents is 1. The number of fused-ring (bicyclic) bond motifs is 1. The summed E-state index contributed by atoms with van der Waals surface area (Å²) in [5.74, 6) is -0.505. The lowest BCUT2D eigenvalue weighted by atomic mass is 10.1. The number of aliphatic hydroxyl groups excluding tert-OH is 1. The zero-order valence-corrected chi connectivity index (χ0v) is 15.1. The predicted molar refractivity (Wildman–Crippen MR) is 104 cm³/mol. The third-order valence-corrected chi connectivity index (χ3v) is 5.30. The minimum atomic E-state index is -0.813. The summed E-state index contributed by atoms with van der Waals surface area (Å²) in [4.78, 5) is 15.4. The van der Waals surface area contributed by atoms with Gasteiger partial charge in [0.2, 0.25) is 0 Å². The summed E-state index contributed by atoms with van der Waals surface area (Å²) in [5.41, 5.74) is 2.08. The number of thiophene rings is 1. The molecule has 4 aromatic rings. The van der Waals surface area contributed by atoms with Gasteiger partial charge < -0.3 is 9.84 Å². The van der Waals surface area contributed by atoms with Gasteiger partial charge in [0, 0.05) is 23.2 Å². The first-order valence-corrected chi connectivity index (χ1v) is 9.07. The second kappa shape index (κ2) is 7.34. The van der Waals surface area contributed by atoms with E-state index in [2.05, 4.69) is 4.98 Å². The molecule has 0 saturated carbocycles. The number of pyridine rings is 1. The second-order valence-corrected chi connectivity index (χ2v) is 7.02. The Bertz CT molecular complexity index is 1190. The molecule has 8 heteroatoms. The third kappa shape index (κ3) is 3.42. The summed E-state index contributed by atoms with van der Waals surface area (Å²) in [5, 5.41) is 20.1. The molecular weight excluding hydrogens is 383 g/mol. The first-order valence-electron chi connectivity index (χ1n) is 8.25. The van der Waals surface area contributed by atoms with Gasteiger partial charge >= 0.3 is 0 Å². The lowest BCUT2D eigenvalue weighted by Gasteiger charge is -2.07. The molecule has 1 N–H and O–H groups in total. The second-order valence-electron chi connectivity index (χ2n) is 5.97. The minimum absolute atomic E-state index is 0.0508. The van der Waals surface area contributed by atoms with Crippen molar-refractivity contribution < 1.29 is 19.2 Å². The molecule has 0 spiro atoms. The molecule has 0 fully saturated rings. The van der Waals surface area contributed by atoms with Crippen LogP contribution in [0, 0.1) is 15.9 Å². The normalized spacial score (nSPS) is 10.9. The lowest BCUT2D eigenvalue weighted by molar-refractivity contribution is -0.385. The zero-order valence-electron chi connectivity index (χ0n) is 14.3. The summed E-state index contributed by atoms with van der Waals surface area (Å²) in [7, 11) is 0. The molecule has 2 aromatic carbocycles. The molecule has 0 aliphatic heterocycles. The number of benzene rings is 2. The van der Waals surface area contributed by atoms with E-state index in [9.17, 15) is 19.6 Å². The van der Waals surface area contributed by atoms with Crippen molar-refractivity contribution in [2.75, 3.05) is 0 Å². The van der Waals surface area contributed by atoms with Gasteiger partial charge in [-0.15, -0.1) is 11.3 Å². The Kier molecular flexibility index (Phi) is 4.72. The van der Waals surface area contributed by atoms with Crippen LogP contribution in [0.25, 0.3) is 20.7 Å². The van der Waals surface area contributed by atoms with Crippen molar-refractivity contribution in [2.45, 2.75) is 6.61 Å². The Morgan fingerprint density at radius 1 is 1.14 bits per heavy atom. The lowest BCUT2D eigenvalue weighted by Crippen LogP contribution is -1.92. The van der Waals surface area contributed by atoms with Crippen LogP contribution < -0.4 is 4.74 Å². The molecule has 0 radical (unpaired) electrons. The molecule has 4 rings (SSSR count). The highest BCUT2D eigenvalue weighted by atomic mass is 32.1. The number of nitro groups is 1. The highest BCUT2D eigenvalue weighted by molar-refractivity contribution is 7.22. The maximum Gasteiger partial charge on any atom is 0.272 e. The number of ether oxygens (including phenoxy) is 1. The number of hydrogen-bond acceptors (Lipinski definition) is 6. The molecule has 2 heterocycles. The number of aliphatic hydroxyl groups is 1. The maximum atomic E-state index is 14.2. The summed E-state index contributed by atoms with van der Waals surface area (Å²) in [6.45, 7) is -0.0508. The number of halogens is 1. The Balaban J connectivity index is 1.72. The van der Waals surface area contributed by atoms with Crippen LogP contribution in [0.5, 0.6) is 11.5 Å². The van der Waals surface area contributed by atoms with Gasteiger partial charge in [0.25, 0.3) is 5.69 Å². The van der Waals surface area contributed by atoms with Gasteiger partial charge in [-0.25, -0.2) is 4.39 Å². The van der Waals surface area contributed by atoms with Gasteiger partial charge in [-0.3, -0.25) is 15.1 Å². The molecule has 0 aliphatic carbocycles. The minimum Gasteiger partial charge on any atom is -0.453 e. The molecule has 0 saturated heterocycles. The fraction of sp³-hybridized carbons (Fsp3) is 0.0500. The van der Waals surface area contributed by atoms with Gasteiger partial charge in [0.05, 0.1) is 27.8 Å². The molecule has 0 atom stereocenters. The van der Waals surface area contributed by atoms with Crippen LogP contribution in [0.4, 0.5) is 10.1 Å². The van der Waals surface area contributed by atoms with Gasteiger partial charge in [0.15, 0.2) is 11.6 Å². The summed E-state index contributed by atoms with van der Waals surface area (Å²) in [6, 6.07) is 14.3.